The first-order valence-corrected chi connectivity index (χ1v) is 11.2. The second-order valence-corrected chi connectivity index (χ2v) is 8.61. The molecule has 2 aromatic rings. The third-order valence-corrected chi connectivity index (χ3v) is 6.31. The number of hydrogen-bond donors (Lipinski definition) is 2. The van der Waals surface area contributed by atoms with Crippen LogP contribution in [0.4, 0.5) is 5.82 Å². The van der Waals surface area contributed by atoms with E-state index in [1.807, 2.05) is 24.7 Å². The van der Waals surface area contributed by atoms with Crippen LogP contribution in [-0.2, 0) is 13.6 Å². The van der Waals surface area contributed by atoms with Crippen molar-refractivity contribution < 1.29 is 0 Å². The second kappa shape index (κ2) is 9.45. The molecule has 3 heterocycles. The topological polar surface area (TPSA) is 83.3 Å². The SMILES string of the molecule is Cc1ccc(N2CCC(NC(=NCc3nnc(C)n3C)NC3CCCC3)CC2)nc1. The van der Waals surface area contributed by atoms with Crippen LogP contribution in [0.5, 0.6) is 0 Å². The Kier molecular flexibility index (Phi) is 6.50. The van der Waals surface area contributed by atoms with Crippen molar-refractivity contribution in [3.05, 3.63) is 35.5 Å². The van der Waals surface area contributed by atoms with Crippen LogP contribution >= 0.6 is 0 Å². The number of piperidine rings is 1. The number of rotatable bonds is 5. The largest absolute Gasteiger partial charge is 0.356 e. The number of aromatic nitrogens is 4. The average Bonchev–Trinajstić information content (AvgIpc) is 3.38. The van der Waals surface area contributed by atoms with Crippen LogP contribution in [0.2, 0.25) is 0 Å². The van der Waals surface area contributed by atoms with Gasteiger partial charge in [-0.05, 0) is 51.2 Å². The number of guanidine groups is 1. The normalized spacial score (nSPS) is 18.8. The van der Waals surface area contributed by atoms with Crippen LogP contribution in [0.15, 0.2) is 23.3 Å². The Morgan fingerprint density at radius 3 is 2.33 bits per heavy atom. The number of pyridine rings is 1. The maximum absolute atomic E-state index is 4.86. The molecule has 2 aromatic heterocycles. The first kappa shape index (κ1) is 20.6. The zero-order chi connectivity index (χ0) is 20.9. The standard InChI is InChI=1S/C22H34N8/c1-16-8-9-20(23-14-16)30-12-10-19(11-13-30)26-22(25-18-6-4-5-7-18)24-15-21-28-27-17(2)29(21)3/h8-9,14,18-19H,4-7,10-13,15H2,1-3H3,(H2,24,25,26). The van der Waals surface area contributed by atoms with Crippen molar-refractivity contribution >= 4 is 11.8 Å². The van der Waals surface area contributed by atoms with E-state index in [0.29, 0.717) is 18.6 Å². The summed E-state index contributed by atoms with van der Waals surface area (Å²) in [6, 6.07) is 5.20. The highest BCUT2D eigenvalue weighted by Crippen LogP contribution is 2.19. The molecule has 4 rings (SSSR count). The van der Waals surface area contributed by atoms with E-state index in [-0.39, 0.29) is 0 Å². The maximum atomic E-state index is 4.86. The lowest BCUT2D eigenvalue weighted by Crippen LogP contribution is -2.50. The molecule has 2 fully saturated rings. The average molecular weight is 411 g/mol. The third-order valence-electron chi connectivity index (χ3n) is 6.31. The molecular weight excluding hydrogens is 376 g/mol. The van der Waals surface area contributed by atoms with E-state index in [4.69, 9.17) is 4.99 Å². The van der Waals surface area contributed by atoms with E-state index >= 15 is 0 Å². The lowest BCUT2D eigenvalue weighted by atomic mass is 10.1. The Labute approximate surface area is 179 Å². The highest BCUT2D eigenvalue weighted by Gasteiger charge is 2.23. The first-order valence-electron chi connectivity index (χ1n) is 11.2. The summed E-state index contributed by atoms with van der Waals surface area (Å²) >= 11 is 0. The van der Waals surface area contributed by atoms with Gasteiger partial charge in [-0.25, -0.2) is 9.98 Å². The molecule has 0 bridgehead atoms. The smallest absolute Gasteiger partial charge is 0.192 e. The molecule has 1 saturated heterocycles. The fraction of sp³-hybridized carbons (Fsp3) is 0.636. The maximum Gasteiger partial charge on any atom is 0.192 e. The van der Waals surface area contributed by atoms with Gasteiger partial charge in [0.05, 0.1) is 0 Å². The van der Waals surface area contributed by atoms with Crippen molar-refractivity contribution in [2.75, 3.05) is 18.0 Å². The van der Waals surface area contributed by atoms with Gasteiger partial charge in [0.15, 0.2) is 11.8 Å². The summed E-state index contributed by atoms with van der Waals surface area (Å²) in [6.07, 6.45) is 9.14. The van der Waals surface area contributed by atoms with Crippen molar-refractivity contribution in [2.24, 2.45) is 12.0 Å². The minimum Gasteiger partial charge on any atom is -0.356 e. The summed E-state index contributed by atoms with van der Waals surface area (Å²) in [5.41, 5.74) is 1.20. The quantitative estimate of drug-likeness (QED) is 0.582. The van der Waals surface area contributed by atoms with Gasteiger partial charge in [-0.15, -0.1) is 10.2 Å². The highest BCUT2D eigenvalue weighted by atomic mass is 15.3. The van der Waals surface area contributed by atoms with Crippen molar-refractivity contribution in [1.82, 2.24) is 30.4 Å². The highest BCUT2D eigenvalue weighted by molar-refractivity contribution is 5.80. The van der Waals surface area contributed by atoms with Crippen molar-refractivity contribution in [1.29, 1.82) is 0 Å². The number of nitrogens with one attached hydrogen (secondary N) is 2. The van der Waals surface area contributed by atoms with Gasteiger partial charge in [-0.2, -0.15) is 0 Å². The van der Waals surface area contributed by atoms with Gasteiger partial charge in [0.2, 0.25) is 0 Å². The molecule has 30 heavy (non-hydrogen) atoms. The van der Waals surface area contributed by atoms with E-state index in [1.54, 1.807) is 0 Å². The Balaban J connectivity index is 1.37. The van der Waals surface area contributed by atoms with Crippen LogP contribution < -0.4 is 15.5 Å². The Bertz CT molecular complexity index is 843. The molecule has 0 radical (unpaired) electrons. The molecule has 0 amide bonds. The molecule has 0 aromatic carbocycles. The van der Waals surface area contributed by atoms with Crippen LogP contribution in [0, 0.1) is 13.8 Å². The first-order chi connectivity index (χ1) is 14.6. The molecule has 0 spiro atoms. The monoisotopic (exact) mass is 410 g/mol. The minimum absolute atomic E-state index is 0.417. The van der Waals surface area contributed by atoms with E-state index in [2.05, 4.69) is 49.8 Å². The second-order valence-electron chi connectivity index (χ2n) is 8.61. The summed E-state index contributed by atoms with van der Waals surface area (Å²) < 4.78 is 2.00. The van der Waals surface area contributed by atoms with Gasteiger partial charge in [-0.3, -0.25) is 0 Å². The van der Waals surface area contributed by atoms with Gasteiger partial charge in [0, 0.05) is 38.4 Å². The Morgan fingerprint density at radius 2 is 1.73 bits per heavy atom. The molecule has 2 aliphatic rings. The number of aliphatic imine (C=N–C) groups is 1. The molecule has 162 valence electrons. The molecule has 1 aliphatic carbocycles. The van der Waals surface area contributed by atoms with Crippen LogP contribution in [0.25, 0.3) is 0 Å². The van der Waals surface area contributed by atoms with Crippen molar-refractivity contribution in [3.63, 3.8) is 0 Å². The number of aryl methyl sites for hydroxylation is 2. The molecule has 1 aliphatic heterocycles. The molecular formula is C22H34N8. The summed E-state index contributed by atoms with van der Waals surface area (Å²) in [7, 11) is 1.99. The number of anilines is 1. The van der Waals surface area contributed by atoms with Gasteiger partial charge < -0.3 is 20.1 Å². The molecule has 2 N–H and O–H groups in total. The molecule has 0 unspecified atom stereocenters. The van der Waals surface area contributed by atoms with Crippen molar-refractivity contribution in [3.8, 4) is 0 Å². The van der Waals surface area contributed by atoms with E-state index in [9.17, 15) is 0 Å². The zero-order valence-electron chi connectivity index (χ0n) is 18.4. The number of hydrogen-bond acceptors (Lipinski definition) is 5. The summed E-state index contributed by atoms with van der Waals surface area (Å²) in [5, 5.41) is 15.8. The Hall–Kier alpha value is -2.64. The molecule has 8 nitrogen and oxygen atoms in total. The van der Waals surface area contributed by atoms with Crippen molar-refractivity contribution in [2.45, 2.75) is 71.0 Å². The predicted molar refractivity (Wildman–Crippen MR) is 120 cm³/mol. The lowest BCUT2D eigenvalue weighted by molar-refractivity contribution is 0.454. The van der Waals surface area contributed by atoms with Crippen LogP contribution in [0.3, 0.4) is 0 Å². The molecule has 0 atom stereocenters. The van der Waals surface area contributed by atoms with Gasteiger partial charge in [0.25, 0.3) is 0 Å². The van der Waals surface area contributed by atoms with Gasteiger partial charge in [-0.1, -0.05) is 18.9 Å². The molecule has 1 saturated carbocycles. The molecule has 8 heteroatoms. The fourth-order valence-corrected chi connectivity index (χ4v) is 4.23. The minimum atomic E-state index is 0.417. The van der Waals surface area contributed by atoms with E-state index < -0.39 is 0 Å². The summed E-state index contributed by atoms with van der Waals surface area (Å²) in [6.45, 7) is 6.59. The van der Waals surface area contributed by atoms with E-state index in [0.717, 1.165) is 49.4 Å². The third kappa shape index (κ3) is 5.09. The Morgan fingerprint density at radius 1 is 1.03 bits per heavy atom. The van der Waals surface area contributed by atoms with Crippen LogP contribution in [-0.4, -0.2) is 50.9 Å². The van der Waals surface area contributed by atoms with Gasteiger partial charge in [0.1, 0.15) is 18.2 Å². The van der Waals surface area contributed by atoms with Crippen LogP contribution in [0.1, 0.15) is 55.7 Å². The predicted octanol–water partition coefficient (Wildman–Crippen LogP) is 2.47. The summed E-state index contributed by atoms with van der Waals surface area (Å²) in [5.74, 6) is 3.79. The lowest BCUT2D eigenvalue weighted by Gasteiger charge is -2.34. The zero-order valence-corrected chi connectivity index (χ0v) is 18.4. The van der Waals surface area contributed by atoms with Gasteiger partial charge >= 0.3 is 0 Å². The summed E-state index contributed by atoms with van der Waals surface area (Å²) in [4.78, 5) is 11.8. The number of nitrogens with zero attached hydrogens (tertiary/aromatic N) is 6. The van der Waals surface area contributed by atoms with E-state index in [1.165, 1.54) is 31.2 Å². The fourth-order valence-electron chi connectivity index (χ4n) is 4.23.